The van der Waals surface area contributed by atoms with Gasteiger partial charge in [0.05, 0.1) is 23.0 Å². The van der Waals surface area contributed by atoms with E-state index in [9.17, 15) is 14.0 Å². The van der Waals surface area contributed by atoms with Crippen molar-refractivity contribution in [2.75, 3.05) is 6.61 Å². The molecule has 7 heteroatoms. The molecule has 1 saturated carbocycles. The maximum atomic E-state index is 13.7. The van der Waals surface area contributed by atoms with Gasteiger partial charge < -0.3 is 15.2 Å². The summed E-state index contributed by atoms with van der Waals surface area (Å²) >= 11 is 5.70. The van der Waals surface area contributed by atoms with E-state index in [2.05, 4.69) is 5.32 Å². The number of carboxylic acids is 1. The fourth-order valence-electron chi connectivity index (χ4n) is 3.52. The molecule has 2 N–H and O–H groups in total. The molecule has 2 fully saturated rings. The highest BCUT2D eigenvalue weighted by Gasteiger charge is 2.38. The maximum absolute atomic E-state index is 13.7. The molecule has 1 aliphatic heterocycles. The van der Waals surface area contributed by atoms with Gasteiger partial charge in [0.15, 0.2) is 0 Å². The van der Waals surface area contributed by atoms with Crippen LogP contribution in [-0.4, -0.2) is 29.6 Å². The molecule has 0 radical (unpaired) electrons. The first-order chi connectivity index (χ1) is 11.5. The molecule has 5 nitrogen and oxygen atoms in total. The molecule has 3 rings (SSSR count). The Bertz CT molecular complexity index is 653. The van der Waals surface area contributed by atoms with Crippen LogP contribution in [0.25, 0.3) is 0 Å². The van der Waals surface area contributed by atoms with Gasteiger partial charge in [0.1, 0.15) is 5.82 Å². The highest BCUT2D eigenvalue weighted by atomic mass is 35.5. The molecule has 0 bridgehead atoms. The summed E-state index contributed by atoms with van der Waals surface area (Å²) in [5, 5.41) is 12.0. The number of hydrogen-bond donors (Lipinski definition) is 2. The van der Waals surface area contributed by atoms with E-state index in [-0.39, 0.29) is 17.0 Å². The Morgan fingerprint density at radius 3 is 2.75 bits per heavy atom. The standard InChI is InChI=1S/C17H19ClFNO4/c18-13-4-2-9(8-14(13)19)15-12(5-6-24-15)16(21)20-11-3-1-10(7-11)17(22)23/h2,4,8,10-12,15H,1,3,5-7H2,(H,20,21)(H,22,23)/t10-,11+,12-,15+/m1/s1. The van der Waals surface area contributed by atoms with E-state index in [4.69, 9.17) is 21.4 Å². The number of aliphatic carboxylic acids is 1. The van der Waals surface area contributed by atoms with Crippen LogP contribution in [0.15, 0.2) is 18.2 Å². The minimum Gasteiger partial charge on any atom is -0.481 e. The molecule has 1 aromatic rings. The lowest BCUT2D eigenvalue weighted by Crippen LogP contribution is -2.38. The van der Waals surface area contributed by atoms with Gasteiger partial charge in [0.25, 0.3) is 0 Å². The van der Waals surface area contributed by atoms with Gasteiger partial charge in [0.2, 0.25) is 5.91 Å². The summed E-state index contributed by atoms with van der Waals surface area (Å²) in [5.74, 6) is -2.32. The van der Waals surface area contributed by atoms with Gasteiger partial charge in [-0.3, -0.25) is 9.59 Å². The zero-order valence-electron chi connectivity index (χ0n) is 13.0. The van der Waals surface area contributed by atoms with Gasteiger partial charge in [-0.1, -0.05) is 17.7 Å². The number of carboxylic acid groups (broad SMARTS) is 1. The van der Waals surface area contributed by atoms with Crippen LogP contribution in [0.1, 0.15) is 37.4 Å². The van der Waals surface area contributed by atoms with E-state index in [1.165, 1.54) is 12.1 Å². The Morgan fingerprint density at radius 2 is 2.08 bits per heavy atom. The molecule has 1 saturated heterocycles. The molecule has 1 aromatic carbocycles. The zero-order valence-corrected chi connectivity index (χ0v) is 13.8. The average Bonchev–Trinajstić information content (AvgIpc) is 3.19. The second-order valence-corrected chi connectivity index (χ2v) is 6.82. The minimum absolute atomic E-state index is 0.0309. The quantitative estimate of drug-likeness (QED) is 0.870. The van der Waals surface area contributed by atoms with E-state index < -0.39 is 29.7 Å². The number of hydrogen-bond acceptors (Lipinski definition) is 3. The molecule has 1 aliphatic carbocycles. The molecule has 1 heterocycles. The van der Waals surface area contributed by atoms with Crippen molar-refractivity contribution in [1.82, 2.24) is 5.32 Å². The summed E-state index contributed by atoms with van der Waals surface area (Å²) in [6, 6.07) is 4.30. The molecule has 0 spiro atoms. The molecule has 0 unspecified atom stereocenters. The maximum Gasteiger partial charge on any atom is 0.306 e. The summed E-state index contributed by atoms with van der Waals surface area (Å²) in [5.41, 5.74) is 0.587. The van der Waals surface area contributed by atoms with Crippen LogP contribution >= 0.6 is 11.6 Å². The third-order valence-corrected chi connectivity index (χ3v) is 5.14. The number of nitrogens with one attached hydrogen (secondary N) is 1. The van der Waals surface area contributed by atoms with Gasteiger partial charge in [-0.15, -0.1) is 0 Å². The van der Waals surface area contributed by atoms with Crippen molar-refractivity contribution in [2.24, 2.45) is 11.8 Å². The largest absolute Gasteiger partial charge is 0.481 e. The first-order valence-electron chi connectivity index (χ1n) is 8.05. The third-order valence-electron chi connectivity index (χ3n) is 4.83. The van der Waals surface area contributed by atoms with Gasteiger partial charge in [-0.05, 0) is 43.4 Å². The lowest BCUT2D eigenvalue weighted by atomic mass is 9.94. The number of amides is 1. The van der Waals surface area contributed by atoms with Crippen molar-refractivity contribution in [1.29, 1.82) is 0 Å². The van der Waals surface area contributed by atoms with E-state index >= 15 is 0 Å². The van der Waals surface area contributed by atoms with Crippen LogP contribution in [0.4, 0.5) is 4.39 Å². The number of benzene rings is 1. The third kappa shape index (κ3) is 3.54. The first-order valence-corrected chi connectivity index (χ1v) is 8.43. The molecule has 4 atom stereocenters. The van der Waals surface area contributed by atoms with Crippen LogP contribution in [-0.2, 0) is 14.3 Å². The summed E-state index contributed by atoms with van der Waals surface area (Å²) in [6.45, 7) is 0.426. The number of ether oxygens (including phenoxy) is 1. The van der Waals surface area contributed by atoms with Crippen LogP contribution < -0.4 is 5.32 Å². The Labute approximate surface area is 144 Å². The molecule has 2 aliphatic rings. The van der Waals surface area contributed by atoms with E-state index in [0.717, 1.165) is 0 Å². The van der Waals surface area contributed by atoms with Crippen molar-refractivity contribution < 1.29 is 23.8 Å². The van der Waals surface area contributed by atoms with Gasteiger partial charge in [0, 0.05) is 12.6 Å². The molecule has 130 valence electrons. The van der Waals surface area contributed by atoms with Crippen LogP contribution in [0.3, 0.4) is 0 Å². The summed E-state index contributed by atoms with van der Waals surface area (Å²) in [6.07, 6.45) is 1.74. The van der Waals surface area contributed by atoms with Crippen molar-refractivity contribution >= 4 is 23.5 Å². The van der Waals surface area contributed by atoms with Crippen molar-refractivity contribution in [2.45, 2.75) is 37.8 Å². The smallest absolute Gasteiger partial charge is 0.306 e. The molecule has 0 aromatic heterocycles. The molecule has 24 heavy (non-hydrogen) atoms. The summed E-state index contributed by atoms with van der Waals surface area (Å²) < 4.78 is 19.3. The highest BCUT2D eigenvalue weighted by molar-refractivity contribution is 6.30. The lowest BCUT2D eigenvalue weighted by Gasteiger charge is -2.21. The Hall–Kier alpha value is -1.66. The van der Waals surface area contributed by atoms with E-state index in [0.29, 0.717) is 37.9 Å². The zero-order chi connectivity index (χ0) is 17.3. The minimum atomic E-state index is -0.814. The van der Waals surface area contributed by atoms with Crippen LogP contribution in [0, 0.1) is 17.7 Å². The Kier molecular flexibility index (Phi) is 5.06. The predicted octanol–water partition coefficient (Wildman–Crippen LogP) is 2.93. The first kappa shape index (κ1) is 17.2. The molecular formula is C17H19ClFNO4. The average molecular weight is 356 g/mol. The fraction of sp³-hybridized carbons (Fsp3) is 0.529. The summed E-state index contributed by atoms with van der Waals surface area (Å²) in [7, 11) is 0. The number of carbonyl (C=O) groups is 2. The van der Waals surface area contributed by atoms with Crippen LogP contribution in [0.2, 0.25) is 5.02 Å². The van der Waals surface area contributed by atoms with Gasteiger partial charge >= 0.3 is 5.97 Å². The van der Waals surface area contributed by atoms with Gasteiger partial charge in [-0.25, -0.2) is 4.39 Å². The molecule has 1 amide bonds. The monoisotopic (exact) mass is 355 g/mol. The number of carbonyl (C=O) groups excluding carboxylic acids is 1. The predicted molar refractivity (Wildman–Crippen MR) is 85.1 cm³/mol. The summed E-state index contributed by atoms with van der Waals surface area (Å²) in [4.78, 5) is 23.6. The van der Waals surface area contributed by atoms with Gasteiger partial charge in [-0.2, -0.15) is 0 Å². The van der Waals surface area contributed by atoms with Crippen molar-refractivity contribution in [3.63, 3.8) is 0 Å². The normalized spacial score (nSPS) is 29.6. The SMILES string of the molecule is O=C(O)[C@@H]1CC[C@H](NC(=O)[C@@H]2CCO[C@H]2c2ccc(Cl)c(F)c2)C1. The number of rotatable bonds is 4. The van der Waals surface area contributed by atoms with E-state index in [1.54, 1.807) is 6.07 Å². The highest BCUT2D eigenvalue weighted by Crippen LogP contribution is 2.36. The Balaban J connectivity index is 1.65. The van der Waals surface area contributed by atoms with E-state index in [1.807, 2.05) is 0 Å². The Morgan fingerprint density at radius 1 is 1.29 bits per heavy atom. The second-order valence-electron chi connectivity index (χ2n) is 6.41. The number of halogens is 2. The van der Waals surface area contributed by atoms with Crippen molar-refractivity contribution in [3.05, 3.63) is 34.6 Å². The van der Waals surface area contributed by atoms with Crippen molar-refractivity contribution in [3.8, 4) is 0 Å². The second kappa shape index (κ2) is 7.07. The molecular weight excluding hydrogens is 337 g/mol. The van der Waals surface area contributed by atoms with Crippen LogP contribution in [0.5, 0.6) is 0 Å². The fourth-order valence-corrected chi connectivity index (χ4v) is 3.64. The lowest BCUT2D eigenvalue weighted by molar-refractivity contribution is -0.141. The topological polar surface area (TPSA) is 75.6 Å².